The molecular weight excluding hydrogens is 358 g/mol. The van der Waals surface area contributed by atoms with Crippen LogP contribution in [0.1, 0.15) is 55.1 Å². The van der Waals surface area contributed by atoms with Crippen molar-refractivity contribution in [2.45, 2.75) is 61.5 Å². The maximum atomic E-state index is 11.8. The number of hydrogen-bond acceptors (Lipinski definition) is 6. The fourth-order valence-corrected chi connectivity index (χ4v) is 4.40. The highest BCUT2D eigenvalue weighted by atomic mass is 32.2. The maximum Gasteiger partial charge on any atom is 0.196 e. The number of carbonyl (C=O) groups is 1. The zero-order chi connectivity index (χ0) is 18.6. The topological polar surface area (TPSA) is 83.6 Å². The molecule has 1 saturated carbocycles. The summed E-state index contributed by atoms with van der Waals surface area (Å²) in [6, 6.07) is 4.28. The van der Waals surface area contributed by atoms with Crippen LogP contribution >= 0.6 is 11.8 Å². The Labute approximate surface area is 162 Å². The van der Waals surface area contributed by atoms with E-state index in [0.717, 1.165) is 47.3 Å². The first-order valence-electron chi connectivity index (χ1n) is 9.50. The summed E-state index contributed by atoms with van der Waals surface area (Å²) in [5, 5.41) is 5.06. The number of pyridine rings is 1. The van der Waals surface area contributed by atoms with E-state index in [1.54, 1.807) is 12.4 Å². The van der Waals surface area contributed by atoms with E-state index in [0.29, 0.717) is 22.4 Å². The van der Waals surface area contributed by atoms with Crippen molar-refractivity contribution >= 4 is 34.9 Å². The summed E-state index contributed by atoms with van der Waals surface area (Å²) < 4.78 is 0. The van der Waals surface area contributed by atoms with Gasteiger partial charge in [0.1, 0.15) is 11.5 Å². The van der Waals surface area contributed by atoms with E-state index in [1.165, 1.54) is 31.0 Å². The Morgan fingerprint density at radius 3 is 2.85 bits per heavy atom. The predicted octanol–water partition coefficient (Wildman–Crippen LogP) is 4.62. The molecule has 0 bridgehead atoms. The van der Waals surface area contributed by atoms with Crippen molar-refractivity contribution in [3.63, 3.8) is 0 Å². The third kappa shape index (κ3) is 3.83. The molecule has 7 heteroatoms. The molecule has 0 aromatic carbocycles. The van der Waals surface area contributed by atoms with Crippen molar-refractivity contribution in [1.29, 1.82) is 0 Å². The van der Waals surface area contributed by atoms with Gasteiger partial charge < -0.3 is 10.3 Å². The molecular formula is C20H23N5OS. The lowest BCUT2D eigenvalue weighted by Gasteiger charge is -2.23. The van der Waals surface area contributed by atoms with Gasteiger partial charge in [-0.15, -0.1) is 0 Å². The summed E-state index contributed by atoms with van der Waals surface area (Å²) in [5.74, 6) is 0.761. The number of rotatable bonds is 6. The van der Waals surface area contributed by atoms with Gasteiger partial charge in [-0.2, -0.15) is 0 Å². The Morgan fingerprint density at radius 2 is 2.15 bits per heavy atom. The molecule has 27 heavy (non-hydrogen) atoms. The van der Waals surface area contributed by atoms with E-state index in [-0.39, 0.29) is 0 Å². The molecule has 3 aromatic rings. The highest BCUT2D eigenvalue weighted by Crippen LogP contribution is 2.33. The van der Waals surface area contributed by atoms with Crippen LogP contribution < -0.4 is 5.32 Å². The van der Waals surface area contributed by atoms with Gasteiger partial charge in [-0.1, -0.05) is 26.2 Å². The minimum atomic E-state index is 0.396. The number of aryl methyl sites for hydroxylation is 1. The number of carbonyl (C=O) groups excluding carboxylic acids is 1. The summed E-state index contributed by atoms with van der Waals surface area (Å²) in [6.45, 7) is 2.03. The second-order valence-corrected chi connectivity index (χ2v) is 7.88. The smallest absolute Gasteiger partial charge is 0.196 e. The van der Waals surface area contributed by atoms with E-state index in [4.69, 9.17) is 4.98 Å². The second kappa shape index (κ2) is 8.08. The van der Waals surface area contributed by atoms with Crippen LogP contribution in [0.15, 0.2) is 34.6 Å². The number of anilines is 1. The zero-order valence-electron chi connectivity index (χ0n) is 15.4. The van der Waals surface area contributed by atoms with Crippen molar-refractivity contribution in [1.82, 2.24) is 19.9 Å². The summed E-state index contributed by atoms with van der Waals surface area (Å²) in [5.41, 5.74) is 2.29. The van der Waals surface area contributed by atoms with Crippen LogP contribution in [0.25, 0.3) is 11.0 Å². The lowest BCUT2D eigenvalue weighted by atomic mass is 9.95. The zero-order valence-corrected chi connectivity index (χ0v) is 16.2. The number of nitrogens with zero attached hydrogens (tertiary/aromatic N) is 3. The largest absolute Gasteiger partial charge is 0.367 e. The number of nitrogens with one attached hydrogen (secondary N) is 2. The lowest BCUT2D eigenvalue weighted by molar-refractivity contribution is 0.112. The fraction of sp³-hybridized carbons (Fsp3) is 0.400. The van der Waals surface area contributed by atoms with E-state index in [1.807, 2.05) is 19.1 Å². The number of aldehydes is 1. The van der Waals surface area contributed by atoms with Gasteiger partial charge in [-0.3, -0.25) is 9.78 Å². The molecule has 4 rings (SSSR count). The minimum absolute atomic E-state index is 0.396. The molecule has 1 aliphatic rings. The predicted molar refractivity (Wildman–Crippen MR) is 108 cm³/mol. The molecule has 1 fully saturated rings. The third-order valence-corrected chi connectivity index (χ3v) is 5.86. The van der Waals surface area contributed by atoms with Crippen LogP contribution in [0.5, 0.6) is 0 Å². The summed E-state index contributed by atoms with van der Waals surface area (Å²) in [4.78, 5) is 29.7. The molecule has 0 unspecified atom stereocenters. The quantitative estimate of drug-likeness (QED) is 0.479. The summed E-state index contributed by atoms with van der Waals surface area (Å²) in [7, 11) is 0. The van der Waals surface area contributed by atoms with Gasteiger partial charge in [0.2, 0.25) is 0 Å². The standard InChI is InChI=1S/C20H23N5OS/c1-2-16-15(12-26)17-18(22-13-7-4-3-5-8-13)24-20(25-19(17)23-16)27-14-9-6-10-21-11-14/h6,9-13H,2-5,7-8H2,1H3,(H2,22,23,24,25). The monoisotopic (exact) mass is 381 g/mol. The molecule has 2 N–H and O–H groups in total. The van der Waals surface area contributed by atoms with Crippen molar-refractivity contribution in [2.75, 3.05) is 5.32 Å². The highest BCUT2D eigenvalue weighted by molar-refractivity contribution is 7.99. The fourth-order valence-electron chi connectivity index (χ4n) is 3.66. The van der Waals surface area contributed by atoms with Crippen LogP contribution in [0, 0.1) is 0 Å². The van der Waals surface area contributed by atoms with E-state index >= 15 is 0 Å². The molecule has 140 valence electrons. The van der Waals surface area contributed by atoms with Crippen molar-refractivity contribution < 1.29 is 4.79 Å². The minimum Gasteiger partial charge on any atom is -0.367 e. The number of aromatic nitrogens is 4. The van der Waals surface area contributed by atoms with Gasteiger partial charge in [0.15, 0.2) is 11.4 Å². The molecule has 1 aliphatic carbocycles. The van der Waals surface area contributed by atoms with E-state index in [9.17, 15) is 4.79 Å². The Kier molecular flexibility index (Phi) is 5.38. The Hall–Kier alpha value is -2.41. The first kappa shape index (κ1) is 18.0. The highest BCUT2D eigenvalue weighted by Gasteiger charge is 2.21. The van der Waals surface area contributed by atoms with Crippen LogP contribution in [0.4, 0.5) is 5.82 Å². The lowest BCUT2D eigenvalue weighted by Crippen LogP contribution is -2.23. The average molecular weight is 382 g/mol. The molecule has 3 aromatic heterocycles. The average Bonchev–Trinajstić information content (AvgIpc) is 3.07. The molecule has 0 amide bonds. The first-order valence-corrected chi connectivity index (χ1v) is 10.3. The number of H-pyrrole nitrogens is 1. The van der Waals surface area contributed by atoms with E-state index in [2.05, 4.69) is 20.3 Å². The van der Waals surface area contributed by atoms with Crippen molar-refractivity contribution in [3.8, 4) is 0 Å². The molecule has 0 aliphatic heterocycles. The molecule has 6 nitrogen and oxygen atoms in total. The first-order chi connectivity index (χ1) is 13.3. The summed E-state index contributed by atoms with van der Waals surface area (Å²) >= 11 is 1.48. The Morgan fingerprint density at radius 1 is 1.30 bits per heavy atom. The molecule has 0 radical (unpaired) electrons. The van der Waals surface area contributed by atoms with Gasteiger partial charge >= 0.3 is 0 Å². The Balaban J connectivity index is 1.77. The SMILES string of the molecule is CCc1[nH]c2nc(Sc3cccnc3)nc(NC3CCCCC3)c2c1C=O. The van der Waals surface area contributed by atoms with E-state index < -0.39 is 0 Å². The number of aromatic amines is 1. The molecule has 0 atom stereocenters. The van der Waals surface area contributed by atoms with Gasteiger partial charge in [0.25, 0.3) is 0 Å². The van der Waals surface area contributed by atoms with Crippen molar-refractivity contribution in [3.05, 3.63) is 35.8 Å². The second-order valence-electron chi connectivity index (χ2n) is 6.84. The van der Waals surface area contributed by atoms with Gasteiger partial charge in [0.05, 0.1) is 5.39 Å². The van der Waals surface area contributed by atoms with Crippen LogP contribution in [-0.2, 0) is 6.42 Å². The van der Waals surface area contributed by atoms with Gasteiger partial charge in [0, 0.05) is 34.6 Å². The van der Waals surface area contributed by atoms with Gasteiger partial charge in [-0.05, 0) is 43.2 Å². The Bertz CT molecular complexity index is 934. The normalized spacial score (nSPS) is 15.1. The molecule has 0 saturated heterocycles. The van der Waals surface area contributed by atoms with Crippen LogP contribution in [0.2, 0.25) is 0 Å². The van der Waals surface area contributed by atoms with Gasteiger partial charge in [-0.25, -0.2) is 9.97 Å². The number of fused-ring (bicyclic) bond motifs is 1. The third-order valence-electron chi connectivity index (χ3n) is 5.01. The molecule has 3 heterocycles. The summed E-state index contributed by atoms with van der Waals surface area (Å²) in [6.07, 6.45) is 11.3. The maximum absolute atomic E-state index is 11.8. The number of hydrogen-bond donors (Lipinski definition) is 2. The van der Waals surface area contributed by atoms with Crippen LogP contribution in [-0.4, -0.2) is 32.3 Å². The molecule has 0 spiro atoms. The van der Waals surface area contributed by atoms with Crippen molar-refractivity contribution in [2.24, 2.45) is 0 Å². The van der Waals surface area contributed by atoms with Crippen LogP contribution in [0.3, 0.4) is 0 Å².